The first kappa shape index (κ1) is 18.3. The Balaban J connectivity index is 1.20. The molecule has 1 aromatic carbocycles. The third-order valence-corrected chi connectivity index (χ3v) is 6.07. The summed E-state index contributed by atoms with van der Waals surface area (Å²) < 4.78 is 10.9. The number of nitrogens with zero attached hydrogens (tertiary/aromatic N) is 4. The van der Waals surface area contributed by atoms with Gasteiger partial charge in [0.1, 0.15) is 12.0 Å². The number of hydrogen-bond acceptors (Lipinski definition) is 8. The maximum Gasteiger partial charge on any atom is 0.231 e. The SMILES string of the molecule is Nc1c(NC2CCCC2)ncnc1N1CCN(Cc2ccc3c(c2)OCO3)CC1. The molecule has 8 heteroatoms. The Bertz CT molecular complexity index is 862. The highest BCUT2D eigenvalue weighted by Crippen LogP contribution is 2.33. The third-order valence-electron chi connectivity index (χ3n) is 6.07. The molecule has 1 saturated carbocycles. The predicted octanol–water partition coefficient (Wildman–Crippen LogP) is 2.46. The van der Waals surface area contributed by atoms with Crippen molar-refractivity contribution in [3.05, 3.63) is 30.1 Å². The van der Waals surface area contributed by atoms with Gasteiger partial charge in [0.15, 0.2) is 23.1 Å². The molecule has 0 amide bonds. The van der Waals surface area contributed by atoms with Crippen LogP contribution >= 0.6 is 0 Å². The monoisotopic (exact) mass is 396 g/mol. The smallest absolute Gasteiger partial charge is 0.231 e. The summed E-state index contributed by atoms with van der Waals surface area (Å²) in [6.45, 7) is 4.93. The Morgan fingerprint density at radius 2 is 1.83 bits per heavy atom. The molecule has 29 heavy (non-hydrogen) atoms. The number of nitrogens with two attached hydrogens (primary N) is 1. The molecule has 0 unspecified atom stereocenters. The fourth-order valence-corrected chi connectivity index (χ4v) is 4.43. The van der Waals surface area contributed by atoms with Gasteiger partial charge >= 0.3 is 0 Å². The first-order chi connectivity index (χ1) is 14.3. The van der Waals surface area contributed by atoms with E-state index in [0.29, 0.717) is 18.5 Å². The van der Waals surface area contributed by atoms with Gasteiger partial charge in [0.2, 0.25) is 6.79 Å². The second-order valence-corrected chi connectivity index (χ2v) is 8.04. The number of rotatable bonds is 5. The Morgan fingerprint density at radius 1 is 1.03 bits per heavy atom. The summed E-state index contributed by atoms with van der Waals surface area (Å²) in [6.07, 6.45) is 6.57. The first-order valence-electron chi connectivity index (χ1n) is 10.5. The number of benzene rings is 1. The van der Waals surface area contributed by atoms with Gasteiger partial charge in [-0.3, -0.25) is 4.90 Å². The predicted molar refractivity (Wildman–Crippen MR) is 112 cm³/mol. The van der Waals surface area contributed by atoms with E-state index in [-0.39, 0.29) is 0 Å². The highest BCUT2D eigenvalue weighted by molar-refractivity contribution is 5.75. The van der Waals surface area contributed by atoms with E-state index in [1.807, 2.05) is 6.07 Å². The van der Waals surface area contributed by atoms with Crippen molar-refractivity contribution in [2.45, 2.75) is 38.3 Å². The highest BCUT2D eigenvalue weighted by atomic mass is 16.7. The summed E-state index contributed by atoms with van der Waals surface area (Å²) in [5.41, 5.74) is 8.35. The average molecular weight is 396 g/mol. The topological polar surface area (TPSA) is 88.8 Å². The van der Waals surface area contributed by atoms with Crippen molar-refractivity contribution in [3.63, 3.8) is 0 Å². The van der Waals surface area contributed by atoms with Crippen LogP contribution in [0.5, 0.6) is 11.5 Å². The molecular formula is C21H28N6O2. The lowest BCUT2D eigenvalue weighted by Gasteiger charge is -2.36. The molecule has 0 atom stereocenters. The van der Waals surface area contributed by atoms with Crippen molar-refractivity contribution < 1.29 is 9.47 Å². The summed E-state index contributed by atoms with van der Waals surface area (Å²) in [7, 11) is 0. The standard InChI is InChI=1S/C21H28N6O2/c22-19-20(25-16-3-1-2-4-16)23-13-24-21(19)27-9-7-26(8-10-27)12-15-5-6-17-18(11-15)29-14-28-17/h5-6,11,13,16H,1-4,7-10,12,14,22H2,(H,23,24,25). The molecule has 8 nitrogen and oxygen atoms in total. The van der Waals surface area contributed by atoms with E-state index in [2.05, 4.69) is 37.2 Å². The number of hydrogen-bond donors (Lipinski definition) is 2. The van der Waals surface area contributed by atoms with Gasteiger partial charge in [0, 0.05) is 38.8 Å². The molecule has 0 radical (unpaired) electrons. The number of nitrogen functional groups attached to an aromatic ring is 1. The van der Waals surface area contributed by atoms with Crippen LogP contribution in [-0.2, 0) is 6.54 Å². The Kier molecular flexibility index (Phi) is 5.01. The van der Waals surface area contributed by atoms with Crippen molar-refractivity contribution in [1.82, 2.24) is 14.9 Å². The molecular weight excluding hydrogens is 368 g/mol. The van der Waals surface area contributed by atoms with E-state index in [9.17, 15) is 0 Å². The normalized spacial score (nSPS) is 19.7. The van der Waals surface area contributed by atoms with E-state index in [4.69, 9.17) is 15.2 Å². The Labute approximate surface area is 171 Å². The number of nitrogens with one attached hydrogen (secondary N) is 1. The zero-order chi connectivity index (χ0) is 19.6. The van der Waals surface area contributed by atoms with E-state index >= 15 is 0 Å². The van der Waals surface area contributed by atoms with Crippen molar-refractivity contribution in [2.75, 3.05) is 48.9 Å². The molecule has 3 N–H and O–H groups in total. The summed E-state index contributed by atoms with van der Waals surface area (Å²) in [5, 5.41) is 3.52. The quantitative estimate of drug-likeness (QED) is 0.797. The number of ether oxygens (including phenoxy) is 2. The van der Waals surface area contributed by atoms with Gasteiger partial charge in [-0.1, -0.05) is 18.9 Å². The van der Waals surface area contributed by atoms with Gasteiger partial charge in [-0.25, -0.2) is 9.97 Å². The van der Waals surface area contributed by atoms with Gasteiger partial charge in [0.25, 0.3) is 0 Å². The second-order valence-electron chi connectivity index (χ2n) is 8.04. The third kappa shape index (κ3) is 3.89. The van der Waals surface area contributed by atoms with Crippen LogP contribution in [0.2, 0.25) is 0 Å². The second kappa shape index (κ2) is 7.94. The van der Waals surface area contributed by atoms with Crippen LogP contribution in [0.3, 0.4) is 0 Å². The number of piperazine rings is 1. The minimum absolute atomic E-state index is 0.315. The average Bonchev–Trinajstić information content (AvgIpc) is 3.42. The molecule has 5 rings (SSSR count). The zero-order valence-electron chi connectivity index (χ0n) is 16.6. The molecule has 0 bridgehead atoms. The van der Waals surface area contributed by atoms with Crippen molar-refractivity contribution in [3.8, 4) is 11.5 Å². The van der Waals surface area contributed by atoms with Crippen LogP contribution in [0.25, 0.3) is 0 Å². The number of anilines is 3. The summed E-state index contributed by atoms with van der Waals surface area (Å²) in [4.78, 5) is 13.6. The van der Waals surface area contributed by atoms with Crippen LogP contribution in [0.1, 0.15) is 31.2 Å². The molecule has 154 valence electrons. The molecule has 1 saturated heterocycles. The van der Waals surface area contributed by atoms with Gasteiger partial charge < -0.3 is 25.4 Å². The van der Waals surface area contributed by atoms with E-state index < -0.39 is 0 Å². The van der Waals surface area contributed by atoms with Crippen molar-refractivity contribution in [2.24, 2.45) is 0 Å². The first-order valence-corrected chi connectivity index (χ1v) is 10.5. The van der Waals surface area contributed by atoms with E-state index in [0.717, 1.165) is 55.9 Å². The summed E-state index contributed by atoms with van der Waals surface area (Å²) in [5.74, 6) is 3.31. The number of fused-ring (bicyclic) bond motifs is 1. The molecule has 3 heterocycles. The molecule has 0 spiro atoms. The van der Waals surface area contributed by atoms with Gasteiger partial charge in [-0.05, 0) is 30.5 Å². The molecule has 1 aromatic heterocycles. The summed E-state index contributed by atoms with van der Waals surface area (Å²) >= 11 is 0. The fraction of sp³-hybridized carbons (Fsp3) is 0.524. The van der Waals surface area contributed by atoms with E-state index in [1.165, 1.54) is 31.2 Å². The van der Waals surface area contributed by atoms with E-state index in [1.54, 1.807) is 6.33 Å². The lowest BCUT2D eigenvalue weighted by atomic mass is 10.1. The van der Waals surface area contributed by atoms with Gasteiger partial charge in [0.05, 0.1) is 0 Å². The summed E-state index contributed by atoms with van der Waals surface area (Å²) in [6, 6.07) is 6.68. The highest BCUT2D eigenvalue weighted by Gasteiger charge is 2.23. The molecule has 2 aromatic rings. The van der Waals surface area contributed by atoms with Crippen LogP contribution in [0.15, 0.2) is 24.5 Å². The van der Waals surface area contributed by atoms with Gasteiger partial charge in [-0.2, -0.15) is 0 Å². The largest absolute Gasteiger partial charge is 0.454 e. The molecule has 3 aliphatic rings. The molecule has 2 aliphatic heterocycles. The maximum atomic E-state index is 6.43. The zero-order valence-corrected chi connectivity index (χ0v) is 16.6. The van der Waals surface area contributed by atoms with Gasteiger partial charge in [-0.15, -0.1) is 0 Å². The Morgan fingerprint density at radius 3 is 2.66 bits per heavy atom. The lowest BCUT2D eigenvalue weighted by molar-refractivity contribution is 0.174. The Hall–Kier alpha value is -2.74. The van der Waals surface area contributed by atoms with Crippen LogP contribution in [-0.4, -0.2) is 53.9 Å². The van der Waals surface area contributed by atoms with Crippen molar-refractivity contribution >= 4 is 17.3 Å². The number of aromatic nitrogens is 2. The molecule has 1 aliphatic carbocycles. The fourth-order valence-electron chi connectivity index (χ4n) is 4.43. The van der Waals surface area contributed by atoms with Crippen molar-refractivity contribution in [1.29, 1.82) is 0 Å². The van der Waals surface area contributed by atoms with Crippen LogP contribution < -0.4 is 25.4 Å². The minimum Gasteiger partial charge on any atom is -0.454 e. The van der Waals surface area contributed by atoms with Crippen LogP contribution in [0, 0.1) is 0 Å². The van der Waals surface area contributed by atoms with Crippen LogP contribution in [0.4, 0.5) is 17.3 Å². The minimum atomic E-state index is 0.315. The molecule has 2 fully saturated rings. The maximum absolute atomic E-state index is 6.43. The lowest BCUT2D eigenvalue weighted by Crippen LogP contribution is -2.46.